The van der Waals surface area contributed by atoms with Crippen LogP contribution < -0.4 is 10.6 Å². The van der Waals surface area contributed by atoms with Crippen molar-refractivity contribution < 1.29 is 19.1 Å². The number of nitrogens with zero attached hydrogens (tertiary/aromatic N) is 1. The number of rotatable bonds is 8. The lowest BCUT2D eigenvalue weighted by molar-refractivity contribution is -0.145. The van der Waals surface area contributed by atoms with Crippen molar-refractivity contribution in [3.8, 4) is 0 Å². The molecule has 0 aromatic heterocycles. The monoisotopic (exact) mass is 473 g/mol. The minimum atomic E-state index is -0.848. The second kappa shape index (κ2) is 12.2. The summed E-state index contributed by atoms with van der Waals surface area (Å²) in [6, 6.07) is 6.02. The van der Waals surface area contributed by atoms with E-state index in [1.54, 1.807) is 32.6 Å². The van der Waals surface area contributed by atoms with Gasteiger partial charge in [-0.3, -0.25) is 9.59 Å². The molecule has 0 bridgehead atoms. The maximum Gasteiger partial charge on any atom is 0.408 e. The Kier molecular flexibility index (Phi) is 9.95. The summed E-state index contributed by atoms with van der Waals surface area (Å²) < 4.78 is 5.33. The Labute approximate surface area is 205 Å². The van der Waals surface area contributed by atoms with Gasteiger partial charge in [-0.05, 0) is 66.4 Å². The summed E-state index contributed by atoms with van der Waals surface area (Å²) >= 11 is 0. The molecular weight excluding hydrogens is 430 g/mol. The molecule has 1 fully saturated rings. The van der Waals surface area contributed by atoms with Crippen molar-refractivity contribution in [3.05, 3.63) is 35.4 Å². The van der Waals surface area contributed by atoms with Gasteiger partial charge in [-0.25, -0.2) is 4.79 Å². The Balaban J connectivity index is 2.35. The van der Waals surface area contributed by atoms with Crippen molar-refractivity contribution >= 4 is 17.9 Å². The predicted molar refractivity (Wildman–Crippen MR) is 134 cm³/mol. The Bertz CT molecular complexity index is 825. The Morgan fingerprint density at radius 2 is 1.65 bits per heavy atom. The molecule has 3 atom stereocenters. The number of carbonyl (C=O) groups excluding carboxylic acids is 3. The summed E-state index contributed by atoms with van der Waals surface area (Å²) in [6.45, 7) is 12.9. The zero-order valence-electron chi connectivity index (χ0n) is 21.9. The molecule has 34 heavy (non-hydrogen) atoms. The van der Waals surface area contributed by atoms with Gasteiger partial charge in [-0.2, -0.15) is 0 Å². The van der Waals surface area contributed by atoms with Crippen molar-refractivity contribution in [1.82, 2.24) is 15.5 Å². The number of hydrogen-bond acceptors (Lipinski definition) is 4. The normalized spacial score (nSPS) is 17.3. The van der Waals surface area contributed by atoms with Gasteiger partial charge >= 0.3 is 6.09 Å². The molecule has 2 N–H and O–H groups in total. The summed E-state index contributed by atoms with van der Waals surface area (Å²) in [7, 11) is 0. The molecular formula is C27H43N3O4. The summed E-state index contributed by atoms with van der Waals surface area (Å²) in [4.78, 5) is 41.3. The number of ether oxygens (including phenoxy) is 1. The quantitative estimate of drug-likeness (QED) is 0.555. The number of hydrogen-bond donors (Lipinski definition) is 2. The van der Waals surface area contributed by atoms with E-state index in [1.807, 2.05) is 45.0 Å². The highest BCUT2D eigenvalue weighted by Crippen LogP contribution is 2.28. The van der Waals surface area contributed by atoms with E-state index >= 15 is 0 Å². The minimum absolute atomic E-state index is 0.125. The molecule has 0 saturated heterocycles. The van der Waals surface area contributed by atoms with Crippen LogP contribution in [0.2, 0.25) is 0 Å². The van der Waals surface area contributed by atoms with Crippen molar-refractivity contribution in [1.29, 1.82) is 0 Å². The van der Waals surface area contributed by atoms with Gasteiger partial charge in [-0.1, -0.05) is 56.0 Å². The van der Waals surface area contributed by atoms with Gasteiger partial charge in [0.1, 0.15) is 17.7 Å². The maximum atomic E-state index is 13.7. The Hall–Kier alpha value is -2.57. The molecule has 0 spiro atoms. The Morgan fingerprint density at radius 3 is 2.18 bits per heavy atom. The zero-order chi connectivity index (χ0) is 25.5. The molecule has 2 rings (SSSR count). The van der Waals surface area contributed by atoms with E-state index in [2.05, 4.69) is 10.6 Å². The summed E-state index contributed by atoms with van der Waals surface area (Å²) in [6.07, 6.45) is 5.33. The summed E-state index contributed by atoms with van der Waals surface area (Å²) in [5.41, 5.74) is 1.17. The van der Waals surface area contributed by atoms with Gasteiger partial charge < -0.3 is 20.3 Å². The maximum absolute atomic E-state index is 13.7. The van der Waals surface area contributed by atoms with Gasteiger partial charge in [-0.15, -0.1) is 0 Å². The summed E-state index contributed by atoms with van der Waals surface area (Å²) in [5.74, 6) is -0.488. The number of benzene rings is 1. The average molecular weight is 474 g/mol. The van der Waals surface area contributed by atoms with Crippen LogP contribution in [-0.2, 0) is 14.3 Å². The fraction of sp³-hybridized carbons (Fsp3) is 0.667. The molecule has 3 amide bonds. The van der Waals surface area contributed by atoms with E-state index in [-0.39, 0.29) is 23.9 Å². The SMILES string of the molecule is CCC(C)N(C(=O)C(C)NC(=O)OC(C)(C)C)C(C(=O)NC1CCCCC1)c1ccc(C)cc1. The van der Waals surface area contributed by atoms with E-state index in [4.69, 9.17) is 4.74 Å². The lowest BCUT2D eigenvalue weighted by atomic mass is 9.94. The van der Waals surface area contributed by atoms with Crippen molar-refractivity contribution in [2.75, 3.05) is 0 Å². The highest BCUT2D eigenvalue weighted by atomic mass is 16.6. The van der Waals surface area contributed by atoms with Crippen LogP contribution in [0.15, 0.2) is 24.3 Å². The van der Waals surface area contributed by atoms with Crippen LogP contribution >= 0.6 is 0 Å². The van der Waals surface area contributed by atoms with Crippen LogP contribution in [0, 0.1) is 6.92 Å². The molecule has 1 saturated carbocycles. The van der Waals surface area contributed by atoms with Crippen molar-refractivity contribution in [3.63, 3.8) is 0 Å². The molecule has 7 nitrogen and oxygen atoms in total. The van der Waals surface area contributed by atoms with Gasteiger partial charge in [0.2, 0.25) is 11.8 Å². The number of nitrogens with one attached hydrogen (secondary N) is 2. The molecule has 1 aromatic rings. The third kappa shape index (κ3) is 8.03. The minimum Gasteiger partial charge on any atom is -0.444 e. The third-order valence-corrected chi connectivity index (χ3v) is 6.29. The van der Waals surface area contributed by atoms with Crippen LogP contribution in [-0.4, -0.2) is 46.5 Å². The van der Waals surface area contributed by atoms with E-state index in [9.17, 15) is 14.4 Å². The lowest BCUT2D eigenvalue weighted by Crippen LogP contribution is -2.55. The number of aryl methyl sites for hydroxylation is 1. The molecule has 0 radical (unpaired) electrons. The van der Waals surface area contributed by atoms with Crippen LogP contribution in [0.25, 0.3) is 0 Å². The first-order chi connectivity index (χ1) is 15.9. The fourth-order valence-electron chi connectivity index (χ4n) is 4.28. The number of alkyl carbamates (subject to hydrolysis) is 1. The molecule has 0 heterocycles. The van der Waals surface area contributed by atoms with Crippen LogP contribution in [0.1, 0.15) is 97.2 Å². The van der Waals surface area contributed by atoms with Crippen molar-refractivity contribution in [2.24, 2.45) is 0 Å². The lowest BCUT2D eigenvalue weighted by Gasteiger charge is -2.38. The van der Waals surface area contributed by atoms with E-state index < -0.39 is 23.8 Å². The standard InChI is InChI=1S/C27H43N3O4/c1-8-19(3)30(25(32)20(4)28-26(33)34-27(5,6)7)23(21-16-14-18(2)15-17-21)24(31)29-22-12-10-9-11-13-22/h14-17,19-20,22-23H,8-13H2,1-7H3,(H,28,33)(H,29,31). The van der Waals surface area contributed by atoms with Crippen LogP contribution in [0.4, 0.5) is 4.79 Å². The highest BCUT2D eigenvalue weighted by Gasteiger charge is 2.37. The number of amides is 3. The number of carbonyl (C=O) groups is 3. The van der Waals surface area contributed by atoms with E-state index in [0.29, 0.717) is 6.42 Å². The zero-order valence-corrected chi connectivity index (χ0v) is 21.9. The predicted octanol–water partition coefficient (Wildman–Crippen LogP) is 5.03. The topological polar surface area (TPSA) is 87.7 Å². The summed E-state index contributed by atoms with van der Waals surface area (Å²) in [5, 5.41) is 5.86. The van der Waals surface area contributed by atoms with Gasteiger partial charge in [0, 0.05) is 12.1 Å². The van der Waals surface area contributed by atoms with Crippen molar-refractivity contribution in [2.45, 2.75) is 117 Å². The van der Waals surface area contributed by atoms with Gasteiger partial charge in [0.25, 0.3) is 0 Å². The molecule has 190 valence electrons. The molecule has 7 heteroatoms. The average Bonchev–Trinajstić information content (AvgIpc) is 2.76. The third-order valence-electron chi connectivity index (χ3n) is 6.29. The first-order valence-corrected chi connectivity index (χ1v) is 12.6. The first kappa shape index (κ1) is 27.7. The van der Waals surface area contributed by atoms with E-state index in [1.165, 1.54) is 6.42 Å². The second-order valence-electron chi connectivity index (χ2n) is 10.5. The molecule has 1 aromatic carbocycles. The smallest absolute Gasteiger partial charge is 0.408 e. The highest BCUT2D eigenvalue weighted by molar-refractivity contribution is 5.92. The fourth-order valence-corrected chi connectivity index (χ4v) is 4.28. The van der Waals surface area contributed by atoms with Gasteiger partial charge in [0.05, 0.1) is 0 Å². The largest absolute Gasteiger partial charge is 0.444 e. The van der Waals surface area contributed by atoms with Gasteiger partial charge in [0.15, 0.2) is 0 Å². The Morgan fingerprint density at radius 1 is 1.06 bits per heavy atom. The molecule has 0 aliphatic heterocycles. The second-order valence-corrected chi connectivity index (χ2v) is 10.5. The van der Waals surface area contributed by atoms with Crippen LogP contribution in [0.3, 0.4) is 0 Å². The molecule has 3 unspecified atom stereocenters. The first-order valence-electron chi connectivity index (χ1n) is 12.6. The van der Waals surface area contributed by atoms with Crippen LogP contribution in [0.5, 0.6) is 0 Å². The molecule has 1 aliphatic carbocycles. The van der Waals surface area contributed by atoms with E-state index in [0.717, 1.165) is 36.8 Å². The molecule has 1 aliphatic rings.